The predicted molar refractivity (Wildman–Crippen MR) is 81.5 cm³/mol. The van der Waals surface area contributed by atoms with E-state index in [1.54, 1.807) is 6.07 Å². The molecule has 0 heterocycles. The van der Waals surface area contributed by atoms with Crippen LogP contribution in [0.2, 0.25) is 0 Å². The van der Waals surface area contributed by atoms with Crippen molar-refractivity contribution in [2.45, 2.75) is 39.3 Å². The maximum absolute atomic E-state index is 9.85. The maximum atomic E-state index is 9.85. The molecule has 1 aromatic rings. The molecule has 0 saturated carbocycles. The predicted octanol–water partition coefficient (Wildman–Crippen LogP) is 3.02. The number of phenolic OH excluding ortho intramolecular Hbond substituents is 1. The number of nitrogens with zero attached hydrogens (tertiary/aromatic N) is 1. The van der Waals surface area contributed by atoms with Crippen molar-refractivity contribution in [3.63, 3.8) is 0 Å². The minimum atomic E-state index is 0.163. The summed E-state index contributed by atoms with van der Waals surface area (Å²) < 4.78 is 0. The second-order valence-electron chi connectivity index (χ2n) is 5.94. The molecule has 2 unspecified atom stereocenters. The summed E-state index contributed by atoms with van der Waals surface area (Å²) in [5, 5.41) is 13.4. The molecule has 2 N–H and O–H groups in total. The zero-order chi connectivity index (χ0) is 14.4. The topological polar surface area (TPSA) is 35.5 Å². The highest BCUT2D eigenvalue weighted by molar-refractivity contribution is 5.34. The number of phenols is 1. The number of aromatic hydroxyl groups is 1. The fraction of sp³-hybridized carbons (Fsp3) is 0.625. The van der Waals surface area contributed by atoms with Crippen LogP contribution in [0.25, 0.3) is 0 Å². The highest BCUT2D eigenvalue weighted by Gasteiger charge is 2.16. The molecule has 0 aromatic heterocycles. The number of likely N-dealkylation sites (N-methyl/N-ethyl adjacent to an activating group) is 1. The average molecular weight is 264 g/mol. The third-order valence-electron chi connectivity index (χ3n) is 3.54. The Balaban J connectivity index is 2.57. The SMILES string of the molecule is CC(C)CC(CNC(C)c1ccccc1O)N(C)C. The third-order valence-corrected chi connectivity index (χ3v) is 3.54. The first-order chi connectivity index (χ1) is 8.91. The van der Waals surface area contributed by atoms with Crippen LogP contribution in [-0.4, -0.2) is 36.7 Å². The van der Waals surface area contributed by atoms with Gasteiger partial charge in [-0.2, -0.15) is 0 Å². The molecule has 0 bridgehead atoms. The molecular formula is C16H28N2O. The second kappa shape index (κ2) is 7.51. The monoisotopic (exact) mass is 264 g/mol. The molecule has 108 valence electrons. The van der Waals surface area contributed by atoms with E-state index in [1.807, 2.05) is 18.2 Å². The second-order valence-corrected chi connectivity index (χ2v) is 5.94. The summed E-state index contributed by atoms with van der Waals surface area (Å²) in [5.74, 6) is 1.06. The Morgan fingerprint density at radius 1 is 1.16 bits per heavy atom. The zero-order valence-electron chi connectivity index (χ0n) is 12.9. The standard InChI is InChI=1S/C16H28N2O/c1-12(2)10-14(18(4)5)11-17-13(3)15-8-6-7-9-16(15)19/h6-9,12-14,17,19H,10-11H2,1-5H3. The van der Waals surface area contributed by atoms with Gasteiger partial charge < -0.3 is 15.3 Å². The van der Waals surface area contributed by atoms with Gasteiger partial charge in [0.15, 0.2) is 0 Å². The van der Waals surface area contributed by atoms with Crippen LogP contribution >= 0.6 is 0 Å². The van der Waals surface area contributed by atoms with E-state index in [0.29, 0.717) is 17.7 Å². The molecule has 2 atom stereocenters. The van der Waals surface area contributed by atoms with Crippen LogP contribution in [-0.2, 0) is 0 Å². The van der Waals surface area contributed by atoms with Crippen molar-refractivity contribution in [3.8, 4) is 5.75 Å². The van der Waals surface area contributed by atoms with E-state index in [1.165, 1.54) is 6.42 Å². The molecule has 0 amide bonds. The minimum Gasteiger partial charge on any atom is -0.508 e. The van der Waals surface area contributed by atoms with E-state index in [-0.39, 0.29) is 6.04 Å². The Labute approximate surface area is 117 Å². The summed E-state index contributed by atoms with van der Waals surface area (Å²) in [5.41, 5.74) is 0.963. The molecule has 0 aliphatic carbocycles. The van der Waals surface area contributed by atoms with Crippen molar-refractivity contribution in [2.24, 2.45) is 5.92 Å². The van der Waals surface area contributed by atoms with Crippen molar-refractivity contribution in [1.82, 2.24) is 10.2 Å². The molecule has 3 heteroatoms. The molecule has 1 rings (SSSR count). The van der Waals surface area contributed by atoms with Crippen molar-refractivity contribution < 1.29 is 5.11 Å². The highest BCUT2D eigenvalue weighted by Crippen LogP contribution is 2.23. The first-order valence-electron chi connectivity index (χ1n) is 7.09. The Kier molecular flexibility index (Phi) is 6.32. The van der Waals surface area contributed by atoms with Crippen molar-refractivity contribution >= 4 is 0 Å². The average Bonchev–Trinajstić information content (AvgIpc) is 2.34. The molecule has 0 aliphatic heterocycles. The van der Waals surface area contributed by atoms with Gasteiger partial charge in [0.2, 0.25) is 0 Å². The van der Waals surface area contributed by atoms with Crippen LogP contribution in [0.3, 0.4) is 0 Å². The van der Waals surface area contributed by atoms with Gasteiger partial charge in [0.25, 0.3) is 0 Å². The molecular weight excluding hydrogens is 236 g/mol. The number of hydrogen-bond donors (Lipinski definition) is 2. The lowest BCUT2D eigenvalue weighted by atomic mass is 10.0. The molecule has 0 aliphatic rings. The summed E-state index contributed by atoms with van der Waals surface area (Å²) in [6.07, 6.45) is 1.17. The fourth-order valence-corrected chi connectivity index (χ4v) is 2.30. The van der Waals surface area contributed by atoms with Gasteiger partial charge in [0.05, 0.1) is 0 Å². The quantitative estimate of drug-likeness (QED) is 0.794. The molecule has 1 aromatic carbocycles. The molecule has 3 nitrogen and oxygen atoms in total. The highest BCUT2D eigenvalue weighted by atomic mass is 16.3. The summed E-state index contributed by atoms with van der Waals surface area (Å²) in [6.45, 7) is 7.53. The lowest BCUT2D eigenvalue weighted by molar-refractivity contribution is 0.241. The van der Waals surface area contributed by atoms with Gasteiger partial charge in [0, 0.05) is 24.2 Å². The van der Waals surface area contributed by atoms with E-state index < -0.39 is 0 Å². The largest absolute Gasteiger partial charge is 0.508 e. The summed E-state index contributed by atoms with van der Waals surface area (Å²) in [7, 11) is 4.25. The van der Waals surface area contributed by atoms with Crippen LogP contribution in [0, 0.1) is 5.92 Å². The van der Waals surface area contributed by atoms with E-state index in [9.17, 15) is 5.11 Å². The Morgan fingerprint density at radius 2 is 1.79 bits per heavy atom. The molecule has 19 heavy (non-hydrogen) atoms. The lowest BCUT2D eigenvalue weighted by Gasteiger charge is -2.28. The minimum absolute atomic E-state index is 0.163. The number of para-hydroxylation sites is 1. The lowest BCUT2D eigenvalue weighted by Crippen LogP contribution is -2.39. The van der Waals surface area contributed by atoms with Gasteiger partial charge in [-0.05, 0) is 39.4 Å². The third kappa shape index (κ3) is 5.21. The molecule has 0 fully saturated rings. The van der Waals surface area contributed by atoms with Crippen LogP contribution < -0.4 is 5.32 Å². The Hall–Kier alpha value is -1.06. The number of benzene rings is 1. The first kappa shape index (κ1) is 16.0. The summed E-state index contributed by atoms with van der Waals surface area (Å²) in [6, 6.07) is 8.22. The molecule has 0 radical (unpaired) electrons. The summed E-state index contributed by atoms with van der Waals surface area (Å²) in [4.78, 5) is 2.27. The first-order valence-corrected chi connectivity index (χ1v) is 7.09. The van der Waals surface area contributed by atoms with E-state index in [4.69, 9.17) is 0 Å². The van der Waals surface area contributed by atoms with Crippen LogP contribution in [0.5, 0.6) is 5.75 Å². The number of nitrogens with one attached hydrogen (secondary N) is 1. The van der Waals surface area contributed by atoms with Gasteiger partial charge >= 0.3 is 0 Å². The van der Waals surface area contributed by atoms with Gasteiger partial charge in [-0.15, -0.1) is 0 Å². The van der Waals surface area contributed by atoms with Gasteiger partial charge in [0.1, 0.15) is 5.75 Å². The van der Waals surface area contributed by atoms with Crippen molar-refractivity contribution in [1.29, 1.82) is 0 Å². The normalized spacial score (nSPS) is 14.9. The number of rotatable bonds is 7. The fourth-order valence-electron chi connectivity index (χ4n) is 2.30. The van der Waals surface area contributed by atoms with Gasteiger partial charge in [-0.3, -0.25) is 0 Å². The van der Waals surface area contributed by atoms with Crippen LogP contribution in [0.1, 0.15) is 38.8 Å². The van der Waals surface area contributed by atoms with Gasteiger partial charge in [-0.25, -0.2) is 0 Å². The van der Waals surface area contributed by atoms with Crippen LogP contribution in [0.4, 0.5) is 0 Å². The number of hydrogen-bond acceptors (Lipinski definition) is 3. The van der Waals surface area contributed by atoms with Crippen molar-refractivity contribution in [3.05, 3.63) is 29.8 Å². The maximum Gasteiger partial charge on any atom is 0.120 e. The smallest absolute Gasteiger partial charge is 0.120 e. The van der Waals surface area contributed by atoms with Gasteiger partial charge in [-0.1, -0.05) is 32.0 Å². The zero-order valence-corrected chi connectivity index (χ0v) is 12.9. The van der Waals surface area contributed by atoms with Crippen molar-refractivity contribution in [2.75, 3.05) is 20.6 Å². The van der Waals surface area contributed by atoms with E-state index >= 15 is 0 Å². The molecule has 0 saturated heterocycles. The van der Waals surface area contributed by atoms with E-state index in [0.717, 1.165) is 12.1 Å². The Morgan fingerprint density at radius 3 is 2.32 bits per heavy atom. The molecule has 0 spiro atoms. The Bertz CT molecular complexity index is 377. The summed E-state index contributed by atoms with van der Waals surface area (Å²) >= 11 is 0. The van der Waals surface area contributed by atoms with Crippen LogP contribution in [0.15, 0.2) is 24.3 Å². The van der Waals surface area contributed by atoms with E-state index in [2.05, 4.69) is 45.1 Å².